The number of rotatable bonds is 9. The van der Waals surface area contributed by atoms with E-state index in [0.29, 0.717) is 37.2 Å². The number of allylic oxidation sites excluding steroid dienone is 1. The standard InChI is InChI=1S/C40H53FN8O8S/c1-39(2,3)57-38(53)43-30-12-8-6-4-5-7-11-25-23-40(25,36(52)47-58(54,55)29-17-18-29)46-34(50)31-21-28(24-49(31)35(30)51)56-33-22-32(48-19-9-10-20-48)44-37(45-33)42-27-15-13-26(41)14-16-27/h7,11,13-16,22,25,28-31H,4-6,8-10,12,17-21,23-24H2,1-3H3,(H,43,53)(H,46,50)(H,47,52)(H,42,44,45)/b11-7-/t25-,28-,30+,31+,40-/m1/s1. The Labute approximate surface area is 338 Å². The maximum absolute atomic E-state index is 14.6. The van der Waals surface area contributed by atoms with Crippen LogP contribution in [-0.4, -0.2) is 101 Å². The molecule has 2 saturated heterocycles. The monoisotopic (exact) mass is 824 g/mol. The summed E-state index contributed by atoms with van der Waals surface area (Å²) in [6.07, 6.45) is 8.41. The van der Waals surface area contributed by atoms with Gasteiger partial charge in [-0.2, -0.15) is 9.97 Å². The molecule has 16 nitrogen and oxygen atoms in total. The van der Waals surface area contributed by atoms with Crippen LogP contribution in [-0.2, 0) is 29.1 Å². The van der Waals surface area contributed by atoms with Crippen molar-refractivity contribution >= 4 is 51.3 Å². The molecule has 4 amide bonds. The summed E-state index contributed by atoms with van der Waals surface area (Å²) in [7, 11) is -3.92. The zero-order valence-electron chi connectivity index (χ0n) is 33.2. The zero-order chi connectivity index (χ0) is 41.2. The molecule has 0 unspecified atom stereocenters. The highest BCUT2D eigenvalue weighted by Gasteiger charge is 2.62. The van der Waals surface area contributed by atoms with Gasteiger partial charge in [0.1, 0.15) is 41.0 Å². The van der Waals surface area contributed by atoms with Gasteiger partial charge in [0.05, 0.1) is 11.8 Å². The highest BCUT2D eigenvalue weighted by Crippen LogP contribution is 2.46. The number of hydrogen-bond donors (Lipinski definition) is 4. The first kappa shape index (κ1) is 41.2. The number of alkyl carbamates (subject to hydrolysis) is 1. The number of amides is 4. The van der Waals surface area contributed by atoms with Gasteiger partial charge < -0.3 is 35.2 Å². The van der Waals surface area contributed by atoms with Crippen LogP contribution in [0.1, 0.15) is 91.4 Å². The molecule has 3 aliphatic heterocycles. The molecule has 2 aromatic rings. The average molecular weight is 825 g/mol. The fourth-order valence-corrected chi connectivity index (χ4v) is 9.13. The fourth-order valence-electron chi connectivity index (χ4n) is 7.77. The number of carbonyl (C=O) groups is 4. The fraction of sp³-hybridized carbons (Fsp3) is 0.600. The lowest BCUT2D eigenvalue weighted by atomic mass is 10.0. The summed E-state index contributed by atoms with van der Waals surface area (Å²) in [4.78, 5) is 68.6. The topological polar surface area (TPSA) is 201 Å². The Morgan fingerprint density at radius 2 is 1.74 bits per heavy atom. The van der Waals surface area contributed by atoms with Crippen LogP contribution in [0.3, 0.4) is 0 Å². The number of aromatic nitrogens is 2. The minimum absolute atomic E-state index is 0.000910. The summed E-state index contributed by atoms with van der Waals surface area (Å²) < 4.78 is 53.6. The normalized spacial score (nSPS) is 27.2. The molecule has 0 spiro atoms. The first-order valence-corrected chi connectivity index (χ1v) is 21.8. The van der Waals surface area contributed by atoms with Gasteiger partial charge in [-0.05, 0) is 96.4 Å². The predicted octanol–water partition coefficient (Wildman–Crippen LogP) is 4.20. The zero-order valence-corrected chi connectivity index (χ0v) is 34.0. The number of fused-ring (bicyclic) bond motifs is 2. The summed E-state index contributed by atoms with van der Waals surface area (Å²) in [5.41, 5.74) is -1.80. The summed E-state index contributed by atoms with van der Waals surface area (Å²) in [5, 5.41) is 8.08. The van der Waals surface area contributed by atoms with E-state index in [9.17, 15) is 32.0 Å². The molecule has 2 aliphatic carbocycles. The van der Waals surface area contributed by atoms with Crippen molar-refractivity contribution in [1.29, 1.82) is 0 Å². The Bertz CT molecular complexity index is 2020. The number of anilines is 3. The van der Waals surface area contributed by atoms with Gasteiger partial charge in [0.15, 0.2) is 0 Å². The van der Waals surface area contributed by atoms with Crippen LogP contribution >= 0.6 is 0 Å². The second-order valence-electron chi connectivity index (χ2n) is 16.9. The molecule has 4 N–H and O–H groups in total. The van der Waals surface area contributed by atoms with Crippen molar-refractivity contribution in [2.45, 2.75) is 126 Å². The number of nitrogens with zero attached hydrogens (tertiary/aromatic N) is 4. The smallest absolute Gasteiger partial charge is 0.408 e. The van der Waals surface area contributed by atoms with Crippen molar-refractivity contribution in [3.05, 3.63) is 48.3 Å². The molecule has 1 aromatic carbocycles. The molecular weight excluding hydrogens is 772 g/mol. The van der Waals surface area contributed by atoms with Crippen LogP contribution in [0.15, 0.2) is 42.5 Å². The molecule has 1 aromatic heterocycles. The lowest BCUT2D eigenvalue weighted by Gasteiger charge is -2.30. The van der Waals surface area contributed by atoms with Crippen molar-refractivity contribution in [2.24, 2.45) is 5.92 Å². The van der Waals surface area contributed by atoms with E-state index in [0.717, 1.165) is 38.8 Å². The third-order valence-electron chi connectivity index (χ3n) is 11.0. The molecule has 5 atom stereocenters. The Morgan fingerprint density at radius 3 is 2.45 bits per heavy atom. The second-order valence-corrected chi connectivity index (χ2v) is 18.9. The Morgan fingerprint density at radius 1 is 1.00 bits per heavy atom. The van der Waals surface area contributed by atoms with Gasteiger partial charge in [-0.1, -0.05) is 25.0 Å². The summed E-state index contributed by atoms with van der Waals surface area (Å²) in [6, 6.07) is 5.26. The first-order chi connectivity index (χ1) is 27.6. The molecule has 2 saturated carbocycles. The highest BCUT2D eigenvalue weighted by molar-refractivity contribution is 7.91. The number of ether oxygens (including phenoxy) is 2. The van der Waals surface area contributed by atoms with Gasteiger partial charge in [-0.25, -0.2) is 17.6 Å². The third kappa shape index (κ3) is 9.99. The average Bonchev–Trinajstić information content (AvgIpc) is 4.02. The van der Waals surface area contributed by atoms with Gasteiger partial charge in [0.2, 0.25) is 33.7 Å². The van der Waals surface area contributed by atoms with Crippen LogP contribution in [0.4, 0.5) is 26.6 Å². The van der Waals surface area contributed by atoms with Gasteiger partial charge in [0.25, 0.3) is 5.91 Å². The van der Waals surface area contributed by atoms with Crippen molar-refractivity contribution in [2.75, 3.05) is 29.9 Å². The van der Waals surface area contributed by atoms with E-state index >= 15 is 0 Å². The first-order valence-electron chi connectivity index (χ1n) is 20.3. The number of hydrogen-bond acceptors (Lipinski definition) is 12. The summed E-state index contributed by atoms with van der Waals surface area (Å²) in [6.45, 7) is 6.65. The van der Waals surface area contributed by atoms with Gasteiger partial charge in [0, 0.05) is 37.2 Å². The molecule has 5 aliphatic rings. The van der Waals surface area contributed by atoms with E-state index < -0.39 is 80.2 Å². The maximum atomic E-state index is 14.6. The third-order valence-corrected chi connectivity index (χ3v) is 12.9. The number of sulfonamides is 1. The van der Waals surface area contributed by atoms with E-state index in [1.807, 2.05) is 12.2 Å². The van der Waals surface area contributed by atoms with Crippen molar-refractivity contribution in [3.63, 3.8) is 0 Å². The van der Waals surface area contributed by atoms with Crippen LogP contribution in [0, 0.1) is 11.7 Å². The minimum Gasteiger partial charge on any atom is -0.472 e. The number of halogens is 1. The SMILES string of the molecule is CC(C)(C)OC(=O)N[C@H]1CCCCC/C=C\[C@@H]2C[C@@]2(C(=O)NS(=O)(=O)C2CC2)NC(=O)[C@@H]2C[C@@H](Oc3cc(N4CCCC4)nc(Nc4ccc(F)cc4)n3)CN2C1=O. The number of benzene rings is 1. The van der Waals surface area contributed by atoms with Crippen LogP contribution in [0.5, 0.6) is 5.88 Å². The van der Waals surface area contributed by atoms with E-state index in [1.54, 1.807) is 39.0 Å². The quantitative estimate of drug-likeness (QED) is 0.263. The van der Waals surface area contributed by atoms with Crippen LogP contribution in [0.25, 0.3) is 0 Å². The largest absolute Gasteiger partial charge is 0.472 e. The molecule has 4 heterocycles. The lowest BCUT2D eigenvalue weighted by molar-refractivity contribution is -0.141. The summed E-state index contributed by atoms with van der Waals surface area (Å²) >= 11 is 0. The van der Waals surface area contributed by atoms with E-state index in [-0.39, 0.29) is 37.6 Å². The number of carbonyl (C=O) groups excluding carboxylic acids is 4. The Kier molecular flexibility index (Phi) is 11.9. The van der Waals surface area contributed by atoms with E-state index in [1.165, 1.54) is 17.0 Å². The van der Waals surface area contributed by atoms with Crippen molar-refractivity contribution in [1.82, 2.24) is 30.2 Å². The van der Waals surface area contributed by atoms with Gasteiger partial charge in [-0.15, -0.1) is 0 Å². The molecule has 314 valence electrons. The molecule has 4 fully saturated rings. The van der Waals surface area contributed by atoms with E-state index in [4.69, 9.17) is 14.5 Å². The highest BCUT2D eigenvalue weighted by atomic mass is 32.2. The maximum Gasteiger partial charge on any atom is 0.408 e. The molecule has 0 radical (unpaired) electrons. The van der Waals surface area contributed by atoms with Crippen molar-refractivity contribution in [3.8, 4) is 5.88 Å². The second kappa shape index (κ2) is 16.7. The summed E-state index contributed by atoms with van der Waals surface area (Å²) in [5.74, 6) is -1.84. The van der Waals surface area contributed by atoms with Gasteiger partial charge in [-0.3, -0.25) is 19.1 Å². The Balaban J connectivity index is 1.18. The van der Waals surface area contributed by atoms with Crippen LogP contribution in [0.2, 0.25) is 0 Å². The molecule has 18 heteroatoms. The minimum atomic E-state index is -3.92. The van der Waals surface area contributed by atoms with Crippen molar-refractivity contribution < 1.29 is 41.5 Å². The molecule has 58 heavy (non-hydrogen) atoms. The predicted molar refractivity (Wildman–Crippen MR) is 212 cm³/mol. The Hall–Kier alpha value is -5.00. The van der Waals surface area contributed by atoms with Gasteiger partial charge >= 0.3 is 6.09 Å². The van der Waals surface area contributed by atoms with Crippen LogP contribution < -0.4 is 30.3 Å². The number of nitrogens with one attached hydrogen (secondary N) is 4. The van der Waals surface area contributed by atoms with E-state index in [2.05, 4.69) is 30.6 Å². The molecular formula is C40H53FN8O8S. The molecule has 7 rings (SSSR count). The molecule has 0 bridgehead atoms. The lowest BCUT2D eigenvalue weighted by Crippen LogP contribution is -2.58.